The summed E-state index contributed by atoms with van der Waals surface area (Å²) in [4.78, 5) is 16.8. The molecule has 0 unspecified atom stereocenters. The molecule has 0 saturated heterocycles. The number of anilines is 4. The molecule has 0 amide bonds. The highest BCUT2D eigenvalue weighted by molar-refractivity contribution is 7.98. The Labute approximate surface area is 131 Å². The summed E-state index contributed by atoms with van der Waals surface area (Å²) in [5.41, 5.74) is 15.0. The lowest BCUT2D eigenvalue weighted by Gasteiger charge is -2.09. The zero-order chi connectivity index (χ0) is 15.7. The number of fused-ring (bicyclic) bond motifs is 1. The van der Waals surface area contributed by atoms with Gasteiger partial charge in [0.25, 0.3) is 0 Å². The Morgan fingerprint density at radius 1 is 1.05 bits per heavy atom. The van der Waals surface area contributed by atoms with Crippen LogP contribution in [0.3, 0.4) is 0 Å². The van der Waals surface area contributed by atoms with E-state index in [2.05, 4.69) is 25.3 Å². The minimum atomic E-state index is 0.180. The van der Waals surface area contributed by atoms with Gasteiger partial charge in [0, 0.05) is 22.5 Å². The Balaban J connectivity index is 1.99. The standard InChI is InChI=1S/C14H15N7S/c1-7-5-10(15)9-6-8(3-4-11(9)17-7)18-13-19-12(16)20-14(21-13)22-2/h3-6H,1-2H3,(H2,15,17)(H3,16,18,19,20,21). The fourth-order valence-electron chi connectivity index (χ4n) is 2.12. The number of nitrogen functional groups attached to an aromatic ring is 2. The van der Waals surface area contributed by atoms with Gasteiger partial charge in [-0.05, 0) is 37.4 Å². The van der Waals surface area contributed by atoms with Crippen LogP contribution in [0.1, 0.15) is 5.69 Å². The number of pyridine rings is 1. The third-order valence-corrected chi connectivity index (χ3v) is 3.59. The number of nitrogens with one attached hydrogen (secondary N) is 1. The number of hydrogen-bond donors (Lipinski definition) is 3. The zero-order valence-corrected chi connectivity index (χ0v) is 13.0. The molecule has 5 N–H and O–H groups in total. The van der Waals surface area contributed by atoms with Crippen molar-refractivity contribution in [2.24, 2.45) is 0 Å². The number of benzene rings is 1. The molecule has 2 heterocycles. The van der Waals surface area contributed by atoms with Gasteiger partial charge in [-0.15, -0.1) is 0 Å². The van der Waals surface area contributed by atoms with Crippen LogP contribution < -0.4 is 16.8 Å². The second-order valence-corrected chi connectivity index (χ2v) is 5.49. The molecule has 2 aromatic heterocycles. The highest BCUT2D eigenvalue weighted by Gasteiger charge is 2.06. The summed E-state index contributed by atoms with van der Waals surface area (Å²) in [5, 5.41) is 4.55. The minimum absolute atomic E-state index is 0.180. The molecule has 0 radical (unpaired) electrons. The molecule has 0 bridgehead atoms. The fraction of sp³-hybridized carbons (Fsp3) is 0.143. The monoisotopic (exact) mass is 313 g/mol. The second-order valence-electron chi connectivity index (χ2n) is 4.71. The molecule has 8 heteroatoms. The quantitative estimate of drug-likeness (QED) is 0.631. The van der Waals surface area contributed by atoms with Crippen LogP contribution in [-0.4, -0.2) is 26.2 Å². The number of thioether (sulfide) groups is 1. The summed E-state index contributed by atoms with van der Waals surface area (Å²) in [6, 6.07) is 7.56. The molecule has 3 rings (SSSR count). The largest absolute Gasteiger partial charge is 0.398 e. The van der Waals surface area contributed by atoms with Gasteiger partial charge in [0.1, 0.15) is 0 Å². The molecule has 7 nitrogen and oxygen atoms in total. The van der Waals surface area contributed by atoms with Crippen molar-refractivity contribution in [1.82, 2.24) is 19.9 Å². The summed E-state index contributed by atoms with van der Waals surface area (Å²) >= 11 is 1.40. The first-order valence-electron chi connectivity index (χ1n) is 6.54. The minimum Gasteiger partial charge on any atom is -0.398 e. The van der Waals surface area contributed by atoms with E-state index in [-0.39, 0.29) is 5.95 Å². The van der Waals surface area contributed by atoms with Crippen molar-refractivity contribution in [2.75, 3.05) is 23.0 Å². The Kier molecular flexibility index (Phi) is 3.68. The maximum absolute atomic E-state index is 6.06. The van der Waals surface area contributed by atoms with E-state index in [4.69, 9.17) is 11.5 Å². The van der Waals surface area contributed by atoms with E-state index in [0.717, 1.165) is 22.3 Å². The van der Waals surface area contributed by atoms with E-state index >= 15 is 0 Å². The van der Waals surface area contributed by atoms with Gasteiger partial charge in [0.05, 0.1) is 5.52 Å². The first-order chi connectivity index (χ1) is 10.5. The van der Waals surface area contributed by atoms with E-state index in [1.165, 1.54) is 11.8 Å². The maximum atomic E-state index is 6.06. The number of hydrogen-bond acceptors (Lipinski definition) is 8. The first kappa shape index (κ1) is 14.3. The van der Waals surface area contributed by atoms with Crippen LogP contribution in [-0.2, 0) is 0 Å². The van der Waals surface area contributed by atoms with Gasteiger partial charge in [-0.2, -0.15) is 15.0 Å². The van der Waals surface area contributed by atoms with Crippen molar-refractivity contribution in [3.05, 3.63) is 30.0 Å². The second kappa shape index (κ2) is 5.64. The number of rotatable bonds is 3. The number of aromatic nitrogens is 4. The lowest BCUT2D eigenvalue weighted by Crippen LogP contribution is -2.04. The highest BCUT2D eigenvalue weighted by atomic mass is 32.2. The molecule has 0 saturated carbocycles. The van der Waals surface area contributed by atoms with Crippen LogP contribution in [0, 0.1) is 6.92 Å². The topological polar surface area (TPSA) is 116 Å². The lowest BCUT2D eigenvalue weighted by atomic mass is 10.1. The van der Waals surface area contributed by atoms with Gasteiger partial charge in [-0.3, -0.25) is 4.98 Å². The zero-order valence-electron chi connectivity index (χ0n) is 12.2. The Morgan fingerprint density at radius 2 is 1.86 bits per heavy atom. The fourth-order valence-corrected chi connectivity index (χ4v) is 2.48. The molecule has 0 spiro atoms. The summed E-state index contributed by atoms with van der Waals surface area (Å²) in [7, 11) is 0. The molecule has 0 atom stereocenters. The van der Waals surface area contributed by atoms with Crippen molar-refractivity contribution >= 4 is 45.9 Å². The van der Waals surface area contributed by atoms with E-state index in [0.29, 0.717) is 16.8 Å². The van der Waals surface area contributed by atoms with Crippen molar-refractivity contribution in [2.45, 2.75) is 12.1 Å². The predicted octanol–water partition coefficient (Wildman–Crippen LogP) is 2.36. The van der Waals surface area contributed by atoms with E-state index < -0.39 is 0 Å². The van der Waals surface area contributed by atoms with Gasteiger partial charge < -0.3 is 16.8 Å². The highest BCUT2D eigenvalue weighted by Crippen LogP contribution is 2.25. The third kappa shape index (κ3) is 2.86. The summed E-state index contributed by atoms with van der Waals surface area (Å²) < 4.78 is 0. The predicted molar refractivity (Wildman–Crippen MR) is 90.2 cm³/mol. The van der Waals surface area contributed by atoms with Crippen molar-refractivity contribution in [1.29, 1.82) is 0 Å². The molecular weight excluding hydrogens is 298 g/mol. The summed E-state index contributed by atoms with van der Waals surface area (Å²) in [6.45, 7) is 1.92. The Morgan fingerprint density at radius 3 is 2.64 bits per heavy atom. The van der Waals surface area contributed by atoms with E-state index in [1.807, 2.05) is 37.4 Å². The van der Waals surface area contributed by atoms with Gasteiger partial charge in [-0.1, -0.05) is 11.8 Å². The molecule has 0 aliphatic rings. The molecule has 1 aromatic carbocycles. The number of nitrogens with zero attached hydrogens (tertiary/aromatic N) is 4. The number of aryl methyl sites for hydroxylation is 1. The van der Waals surface area contributed by atoms with Crippen LogP contribution in [0.5, 0.6) is 0 Å². The van der Waals surface area contributed by atoms with Crippen LogP contribution in [0.15, 0.2) is 29.4 Å². The van der Waals surface area contributed by atoms with Gasteiger partial charge in [0.15, 0.2) is 5.16 Å². The molecule has 3 aromatic rings. The maximum Gasteiger partial charge on any atom is 0.233 e. The van der Waals surface area contributed by atoms with Crippen molar-refractivity contribution < 1.29 is 0 Å². The molecule has 0 fully saturated rings. The van der Waals surface area contributed by atoms with E-state index in [1.54, 1.807) is 0 Å². The Bertz CT molecular complexity index is 850. The number of nitrogens with two attached hydrogens (primary N) is 2. The van der Waals surface area contributed by atoms with Crippen LogP contribution in [0.25, 0.3) is 10.9 Å². The third-order valence-electron chi connectivity index (χ3n) is 3.04. The molecular formula is C14H15N7S. The smallest absolute Gasteiger partial charge is 0.233 e. The SMILES string of the molecule is CSc1nc(N)nc(Nc2ccc3nc(C)cc(N)c3c2)n1. The summed E-state index contributed by atoms with van der Waals surface area (Å²) in [5.74, 6) is 0.578. The average Bonchev–Trinajstić information content (AvgIpc) is 2.47. The van der Waals surface area contributed by atoms with Gasteiger partial charge in [-0.25, -0.2) is 0 Å². The average molecular weight is 313 g/mol. The molecule has 112 valence electrons. The molecule has 0 aliphatic heterocycles. The van der Waals surface area contributed by atoms with Gasteiger partial charge >= 0.3 is 0 Å². The first-order valence-corrected chi connectivity index (χ1v) is 7.77. The molecule has 22 heavy (non-hydrogen) atoms. The van der Waals surface area contributed by atoms with Crippen LogP contribution in [0.2, 0.25) is 0 Å². The van der Waals surface area contributed by atoms with Crippen molar-refractivity contribution in [3.8, 4) is 0 Å². The van der Waals surface area contributed by atoms with Crippen LogP contribution >= 0.6 is 11.8 Å². The normalized spacial score (nSPS) is 10.8. The van der Waals surface area contributed by atoms with E-state index in [9.17, 15) is 0 Å². The Hall–Kier alpha value is -2.61. The van der Waals surface area contributed by atoms with Crippen LogP contribution in [0.4, 0.5) is 23.3 Å². The lowest BCUT2D eigenvalue weighted by molar-refractivity contribution is 0.927. The summed E-state index contributed by atoms with van der Waals surface area (Å²) in [6.07, 6.45) is 1.88. The van der Waals surface area contributed by atoms with Gasteiger partial charge in [0.2, 0.25) is 11.9 Å². The molecule has 0 aliphatic carbocycles. The van der Waals surface area contributed by atoms with Crippen molar-refractivity contribution in [3.63, 3.8) is 0 Å².